The molecule has 0 bridgehead atoms. The van der Waals surface area contributed by atoms with Gasteiger partial charge < -0.3 is 10.3 Å². The standard InChI is InChI=1S/C12H16N4S/c1-2-3-10-15-11(12(13)17-10)9-6-14-7-16(9)8-4-5-8/h6-8H,2-5,13H2,1H3. The molecule has 0 aliphatic heterocycles. The number of aromatic nitrogens is 3. The van der Waals surface area contributed by atoms with Crippen LogP contribution in [0, 0.1) is 0 Å². The third-order valence-corrected chi connectivity index (χ3v) is 3.95. The smallest absolute Gasteiger partial charge is 0.123 e. The summed E-state index contributed by atoms with van der Waals surface area (Å²) in [6.07, 6.45) is 8.37. The summed E-state index contributed by atoms with van der Waals surface area (Å²) in [7, 11) is 0. The fourth-order valence-corrected chi connectivity index (χ4v) is 2.96. The molecular formula is C12H16N4S. The molecule has 4 nitrogen and oxygen atoms in total. The second-order valence-electron chi connectivity index (χ2n) is 4.49. The highest BCUT2D eigenvalue weighted by atomic mass is 32.1. The van der Waals surface area contributed by atoms with E-state index >= 15 is 0 Å². The number of hydrogen-bond donors (Lipinski definition) is 1. The average Bonchev–Trinajstić information content (AvgIpc) is 2.92. The van der Waals surface area contributed by atoms with Gasteiger partial charge >= 0.3 is 0 Å². The lowest BCUT2D eigenvalue weighted by Gasteiger charge is -2.03. The number of nitrogens with two attached hydrogens (primary N) is 1. The molecule has 2 N–H and O–H groups in total. The first-order chi connectivity index (χ1) is 8.29. The zero-order valence-corrected chi connectivity index (χ0v) is 10.7. The minimum Gasteiger partial charge on any atom is -0.389 e. The van der Waals surface area contributed by atoms with Crippen LogP contribution in [0.2, 0.25) is 0 Å². The van der Waals surface area contributed by atoms with Crippen LogP contribution in [0.5, 0.6) is 0 Å². The number of thiazole rings is 1. The predicted molar refractivity (Wildman–Crippen MR) is 70.0 cm³/mol. The van der Waals surface area contributed by atoms with Gasteiger partial charge in [-0.1, -0.05) is 6.92 Å². The minimum absolute atomic E-state index is 0.614. The van der Waals surface area contributed by atoms with E-state index in [1.54, 1.807) is 11.3 Å². The highest BCUT2D eigenvalue weighted by Crippen LogP contribution is 2.40. The maximum atomic E-state index is 6.07. The minimum atomic E-state index is 0.614. The van der Waals surface area contributed by atoms with Gasteiger partial charge in [-0.2, -0.15) is 0 Å². The largest absolute Gasteiger partial charge is 0.389 e. The molecule has 0 atom stereocenters. The first-order valence-corrected chi connectivity index (χ1v) is 6.88. The zero-order chi connectivity index (χ0) is 11.8. The number of nitrogen functional groups attached to an aromatic ring is 1. The van der Waals surface area contributed by atoms with Crippen LogP contribution < -0.4 is 5.73 Å². The molecule has 0 radical (unpaired) electrons. The van der Waals surface area contributed by atoms with Gasteiger partial charge in [-0.15, -0.1) is 11.3 Å². The molecule has 1 aliphatic carbocycles. The fourth-order valence-electron chi connectivity index (χ4n) is 2.01. The van der Waals surface area contributed by atoms with Crippen molar-refractivity contribution < 1.29 is 0 Å². The van der Waals surface area contributed by atoms with E-state index in [-0.39, 0.29) is 0 Å². The van der Waals surface area contributed by atoms with E-state index in [0.29, 0.717) is 6.04 Å². The molecule has 5 heteroatoms. The lowest BCUT2D eigenvalue weighted by atomic mass is 10.3. The Morgan fingerprint density at radius 1 is 1.53 bits per heavy atom. The maximum Gasteiger partial charge on any atom is 0.123 e. The summed E-state index contributed by atoms with van der Waals surface area (Å²) in [4.78, 5) is 8.87. The van der Waals surface area contributed by atoms with Gasteiger partial charge in [0.05, 0.1) is 23.2 Å². The van der Waals surface area contributed by atoms with Crippen molar-refractivity contribution in [3.8, 4) is 11.4 Å². The second-order valence-corrected chi connectivity index (χ2v) is 5.60. The molecule has 0 amide bonds. The summed E-state index contributed by atoms with van der Waals surface area (Å²) in [5, 5.41) is 1.94. The molecule has 2 aromatic heterocycles. The molecule has 2 heterocycles. The van der Waals surface area contributed by atoms with Crippen LogP contribution in [-0.4, -0.2) is 14.5 Å². The van der Waals surface area contributed by atoms with Gasteiger partial charge in [-0.3, -0.25) is 0 Å². The molecule has 1 aliphatic rings. The Balaban J connectivity index is 1.99. The van der Waals surface area contributed by atoms with Crippen molar-refractivity contribution >= 4 is 16.3 Å². The van der Waals surface area contributed by atoms with Gasteiger partial charge in [-0.05, 0) is 25.7 Å². The summed E-state index contributed by atoms with van der Waals surface area (Å²) in [6, 6.07) is 0.614. The Morgan fingerprint density at radius 2 is 2.35 bits per heavy atom. The number of anilines is 1. The normalized spacial score (nSPS) is 15.4. The Kier molecular flexibility index (Phi) is 2.63. The van der Waals surface area contributed by atoms with Gasteiger partial charge in [0, 0.05) is 6.04 Å². The highest BCUT2D eigenvalue weighted by molar-refractivity contribution is 7.16. The SMILES string of the molecule is CCCc1nc(-c2cncn2C2CC2)c(N)s1. The van der Waals surface area contributed by atoms with Crippen LogP contribution in [0.4, 0.5) is 5.00 Å². The molecule has 1 fully saturated rings. The van der Waals surface area contributed by atoms with E-state index in [4.69, 9.17) is 5.73 Å². The van der Waals surface area contributed by atoms with E-state index in [2.05, 4.69) is 21.5 Å². The Hall–Kier alpha value is -1.36. The maximum absolute atomic E-state index is 6.07. The molecule has 0 unspecified atom stereocenters. The molecule has 0 spiro atoms. The summed E-state index contributed by atoms with van der Waals surface area (Å²) in [6.45, 7) is 2.16. The number of rotatable bonds is 4. The van der Waals surface area contributed by atoms with Crippen molar-refractivity contribution in [3.63, 3.8) is 0 Å². The van der Waals surface area contributed by atoms with Crippen LogP contribution in [0.15, 0.2) is 12.5 Å². The molecule has 17 heavy (non-hydrogen) atoms. The summed E-state index contributed by atoms with van der Waals surface area (Å²) in [5.74, 6) is 0. The third-order valence-electron chi connectivity index (χ3n) is 3.01. The summed E-state index contributed by atoms with van der Waals surface area (Å²) < 4.78 is 2.21. The molecule has 0 saturated heterocycles. The van der Waals surface area contributed by atoms with E-state index in [0.717, 1.165) is 34.2 Å². The fraction of sp³-hybridized carbons (Fsp3) is 0.500. The lowest BCUT2D eigenvalue weighted by molar-refractivity contribution is 0.746. The Labute approximate surface area is 105 Å². The first kappa shape index (κ1) is 10.8. The molecular weight excluding hydrogens is 232 g/mol. The van der Waals surface area contributed by atoms with E-state index < -0.39 is 0 Å². The van der Waals surface area contributed by atoms with E-state index in [1.807, 2.05) is 12.5 Å². The molecule has 3 rings (SSSR count). The van der Waals surface area contributed by atoms with Gasteiger partial charge in [0.1, 0.15) is 10.7 Å². The number of imidazole rings is 1. The summed E-state index contributed by atoms with van der Waals surface area (Å²) in [5.41, 5.74) is 8.06. The van der Waals surface area contributed by atoms with E-state index in [9.17, 15) is 0 Å². The van der Waals surface area contributed by atoms with Crippen molar-refractivity contribution in [2.45, 2.75) is 38.6 Å². The Bertz CT molecular complexity index is 524. The lowest BCUT2D eigenvalue weighted by Crippen LogP contribution is -1.97. The molecule has 2 aromatic rings. The van der Waals surface area contributed by atoms with Crippen molar-refractivity contribution in [1.29, 1.82) is 0 Å². The molecule has 1 saturated carbocycles. The van der Waals surface area contributed by atoms with E-state index in [1.165, 1.54) is 12.8 Å². The number of nitrogens with zero attached hydrogens (tertiary/aromatic N) is 3. The van der Waals surface area contributed by atoms with Crippen LogP contribution in [0.25, 0.3) is 11.4 Å². The Morgan fingerprint density at radius 3 is 3.06 bits per heavy atom. The predicted octanol–water partition coefficient (Wildman–Crippen LogP) is 2.88. The van der Waals surface area contributed by atoms with Gasteiger partial charge in [-0.25, -0.2) is 9.97 Å². The highest BCUT2D eigenvalue weighted by Gasteiger charge is 2.27. The van der Waals surface area contributed by atoms with Crippen molar-refractivity contribution in [2.75, 3.05) is 5.73 Å². The topological polar surface area (TPSA) is 56.7 Å². The molecule has 0 aromatic carbocycles. The second kappa shape index (κ2) is 4.14. The van der Waals surface area contributed by atoms with Crippen LogP contribution in [0.3, 0.4) is 0 Å². The van der Waals surface area contributed by atoms with Crippen LogP contribution in [-0.2, 0) is 6.42 Å². The molecule has 90 valence electrons. The van der Waals surface area contributed by atoms with Gasteiger partial charge in [0.2, 0.25) is 0 Å². The van der Waals surface area contributed by atoms with Gasteiger partial charge in [0.25, 0.3) is 0 Å². The average molecular weight is 248 g/mol. The summed E-state index contributed by atoms with van der Waals surface area (Å²) >= 11 is 1.60. The van der Waals surface area contributed by atoms with Gasteiger partial charge in [0.15, 0.2) is 0 Å². The first-order valence-electron chi connectivity index (χ1n) is 6.07. The van der Waals surface area contributed by atoms with Crippen LogP contribution >= 0.6 is 11.3 Å². The van der Waals surface area contributed by atoms with Crippen molar-refractivity contribution in [3.05, 3.63) is 17.5 Å². The number of aryl methyl sites for hydroxylation is 1. The van der Waals surface area contributed by atoms with Crippen molar-refractivity contribution in [2.24, 2.45) is 0 Å². The van der Waals surface area contributed by atoms with Crippen LogP contribution in [0.1, 0.15) is 37.2 Å². The van der Waals surface area contributed by atoms with Crippen molar-refractivity contribution in [1.82, 2.24) is 14.5 Å². The number of hydrogen-bond acceptors (Lipinski definition) is 4. The monoisotopic (exact) mass is 248 g/mol. The zero-order valence-electron chi connectivity index (χ0n) is 9.89. The third kappa shape index (κ3) is 1.95. The quantitative estimate of drug-likeness (QED) is 0.905.